The lowest BCUT2D eigenvalue weighted by molar-refractivity contribution is -0.137. The van der Waals surface area contributed by atoms with Gasteiger partial charge in [-0.1, -0.05) is 18.2 Å². The van der Waals surface area contributed by atoms with Crippen LogP contribution >= 0.6 is 11.3 Å². The van der Waals surface area contributed by atoms with E-state index in [0.717, 1.165) is 17.4 Å². The standard InChI is InChI=1S/C15H8F3NO2S/c16-15(17,18)10-4-2-1-3-9(10)13-19-11-7-8(14(20)21)5-6-12(11)22-13/h1-7H,(H,20,21). The van der Waals surface area contributed by atoms with Gasteiger partial charge in [0, 0.05) is 5.56 Å². The van der Waals surface area contributed by atoms with Crippen molar-refractivity contribution in [2.24, 2.45) is 0 Å². The predicted octanol–water partition coefficient (Wildman–Crippen LogP) is 4.68. The van der Waals surface area contributed by atoms with Crippen LogP contribution in [0.1, 0.15) is 15.9 Å². The fourth-order valence-corrected chi connectivity index (χ4v) is 3.08. The van der Waals surface area contributed by atoms with Crippen LogP contribution in [0.4, 0.5) is 13.2 Å². The normalized spacial score (nSPS) is 11.8. The number of carboxylic acids is 1. The molecule has 0 saturated carbocycles. The second kappa shape index (κ2) is 5.10. The SMILES string of the molecule is O=C(O)c1ccc2sc(-c3ccccc3C(F)(F)F)nc2c1. The Morgan fingerprint density at radius 1 is 1.14 bits per heavy atom. The Labute approximate surface area is 126 Å². The van der Waals surface area contributed by atoms with Gasteiger partial charge in [0.15, 0.2) is 0 Å². The third-order valence-electron chi connectivity index (χ3n) is 3.10. The molecule has 0 aliphatic heterocycles. The van der Waals surface area contributed by atoms with E-state index >= 15 is 0 Å². The van der Waals surface area contributed by atoms with E-state index in [1.165, 1.54) is 30.3 Å². The van der Waals surface area contributed by atoms with E-state index in [2.05, 4.69) is 4.98 Å². The molecule has 7 heteroatoms. The van der Waals surface area contributed by atoms with E-state index in [-0.39, 0.29) is 16.1 Å². The monoisotopic (exact) mass is 323 g/mol. The van der Waals surface area contributed by atoms with Crippen molar-refractivity contribution in [3.63, 3.8) is 0 Å². The Morgan fingerprint density at radius 2 is 1.86 bits per heavy atom. The topological polar surface area (TPSA) is 50.2 Å². The maximum absolute atomic E-state index is 13.1. The van der Waals surface area contributed by atoms with Crippen LogP contribution < -0.4 is 0 Å². The molecule has 0 aliphatic carbocycles. The molecule has 0 spiro atoms. The molecular weight excluding hydrogens is 315 g/mol. The maximum atomic E-state index is 13.1. The third-order valence-corrected chi connectivity index (χ3v) is 4.17. The lowest BCUT2D eigenvalue weighted by atomic mass is 10.1. The van der Waals surface area contributed by atoms with Gasteiger partial charge in [0.2, 0.25) is 0 Å². The van der Waals surface area contributed by atoms with E-state index in [1.54, 1.807) is 6.07 Å². The lowest BCUT2D eigenvalue weighted by Gasteiger charge is -2.10. The summed E-state index contributed by atoms with van der Waals surface area (Å²) in [6.45, 7) is 0. The number of aromatic carboxylic acids is 1. The summed E-state index contributed by atoms with van der Waals surface area (Å²) in [5.74, 6) is -1.10. The predicted molar refractivity (Wildman–Crippen MR) is 77.0 cm³/mol. The minimum Gasteiger partial charge on any atom is -0.478 e. The van der Waals surface area contributed by atoms with Crippen molar-refractivity contribution in [1.82, 2.24) is 4.98 Å². The molecule has 0 unspecified atom stereocenters. The molecule has 0 saturated heterocycles. The highest BCUT2D eigenvalue weighted by Gasteiger charge is 2.34. The first-order chi connectivity index (χ1) is 10.4. The van der Waals surface area contributed by atoms with Crippen molar-refractivity contribution in [1.29, 1.82) is 0 Å². The molecule has 0 aliphatic rings. The Bertz CT molecular complexity index is 871. The highest BCUT2D eigenvalue weighted by atomic mass is 32.1. The summed E-state index contributed by atoms with van der Waals surface area (Å²) in [6, 6.07) is 9.51. The number of carbonyl (C=O) groups is 1. The second-order valence-electron chi connectivity index (χ2n) is 4.55. The molecule has 22 heavy (non-hydrogen) atoms. The Kier molecular flexibility index (Phi) is 3.37. The summed E-state index contributed by atoms with van der Waals surface area (Å²) in [5.41, 5.74) is -0.342. The fraction of sp³-hybridized carbons (Fsp3) is 0.0667. The number of halogens is 3. The van der Waals surface area contributed by atoms with Crippen LogP contribution in [0.25, 0.3) is 20.8 Å². The largest absolute Gasteiger partial charge is 0.478 e. The molecule has 1 N–H and O–H groups in total. The number of thiazole rings is 1. The van der Waals surface area contributed by atoms with Gasteiger partial charge in [0.1, 0.15) is 5.01 Å². The number of fused-ring (bicyclic) bond motifs is 1. The molecule has 0 amide bonds. The molecule has 1 aromatic heterocycles. The molecule has 0 fully saturated rings. The third kappa shape index (κ3) is 2.55. The van der Waals surface area contributed by atoms with Gasteiger partial charge in [0.05, 0.1) is 21.3 Å². The second-order valence-corrected chi connectivity index (χ2v) is 5.58. The molecule has 0 atom stereocenters. The number of benzene rings is 2. The fourth-order valence-electron chi connectivity index (χ4n) is 2.09. The summed E-state index contributed by atoms with van der Waals surface area (Å²) in [6.07, 6.45) is -4.47. The van der Waals surface area contributed by atoms with E-state index < -0.39 is 17.7 Å². The molecule has 1 heterocycles. The molecule has 0 radical (unpaired) electrons. The van der Waals surface area contributed by atoms with Crippen LogP contribution in [-0.2, 0) is 6.18 Å². The number of carboxylic acid groups (broad SMARTS) is 1. The zero-order valence-electron chi connectivity index (χ0n) is 10.9. The molecular formula is C15H8F3NO2S. The van der Waals surface area contributed by atoms with Crippen molar-refractivity contribution in [2.45, 2.75) is 6.18 Å². The lowest BCUT2D eigenvalue weighted by Crippen LogP contribution is -2.06. The molecule has 3 rings (SSSR count). The molecule has 3 nitrogen and oxygen atoms in total. The minimum absolute atomic E-state index is 0.00641. The van der Waals surface area contributed by atoms with Crippen molar-refractivity contribution < 1.29 is 23.1 Å². The van der Waals surface area contributed by atoms with Gasteiger partial charge in [-0.15, -0.1) is 11.3 Å². The van der Waals surface area contributed by atoms with Crippen molar-refractivity contribution in [2.75, 3.05) is 0 Å². The van der Waals surface area contributed by atoms with E-state index in [4.69, 9.17) is 5.11 Å². The van der Waals surface area contributed by atoms with Crippen molar-refractivity contribution in [3.8, 4) is 10.6 Å². The molecule has 0 bridgehead atoms. The van der Waals surface area contributed by atoms with Gasteiger partial charge < -0.3 is 5.11 Å². The number of alkyl halides is 3. The molecule has 112 valence electrons. The van der Waals surface area contributed by atoms with Gasteiger partial charge in [0.25, 0.3) is 0 Å². The highest BCUT2D eigenvalue weighted by Crippen LogP contribution is 2.39. The summed E-state index contributed by atoms with van der Waals surface area (Å²) in [4.78, 5) is 15.1. The van der Waals surface area contributed by atoms with Crippen LogP contribution in [0, 0.1) is 0 Å². The van der Waals surface area contributed by atoms with Gasteiger partial charge in [-0.25, -0.2) is 9.78 Å². The van der Waals surface area contributed by atoms with E-state index in [9.17, 15) is 18.0 Å². The van der Waals surface area contributed by atoms with Gasteiger partial charge >= 0.3 is 12.1 Å². The van der Waals surface area contributed by atoms with Gasteiger partial charge in [-0.05, 0) is 24.3 Å². The minimum atomic E-state index is -4.47. The number of rotatable bonds is 2. The van der Waals surface area contributed by atoms with Crippen molar-refractivity contribution in [3.05, 3.63) is 53.6 Å². The average molecular weight is 323 g/mol. The molecule has 2 aromatic carbocycles. The first-order valence-corrected chi connectivity index (χ1v) is 6.98. The van der Waals surface area contributed by atoms with Crippen LogP contribution in [0.3, 0.4) is 0 Å². The zero-order valence-corrected chi connectivity index (χ0v) is 11.7. The number of nitrogens with zero attached hydrogens (tertiary/aromatic N) is 1. The smallest absolute Gasteiger partial charge is 0.417 e. The van der Waals surface area contributed by atoms with Crippen molar-refractivity contribution >= 4 is 27.5 Å². The zero-order chi connectivity index (χ0) is 15.9. The maximum Gasteiger partial charge on any atom is 0.417 e. The first-order valence-electron chi connectivity index (χ1n) is 6.17. The quantitative estimate of drug-likeness (QED) is 0.745. The van der Waals surface area contributed by atoms with Crippen LogP contribution in [0.15, 0.2) is 42.5 Å². The number of hydrogen-bond acceptors (Lipinski definition) is 3. The summed E-state index contributed by atoms with van der Waals surface area (Å²) < 4.78 is 39.8. The summed E-state index contributed by atoms with van der Waals surface area (Å²) >= 11 is 1.10. The van der Waals surface area contributed by atoms with Crippen LogP contribution in [-0.4, -0.2) is 16.1 Å². The van der Waals surface area contributed by atoms with Gasteiger partial charge in [-0.2, -0.15) is 13.2 Å². The van der Waals surface area contributed by atoms with Gasteiger partial charge in [-0.3, -0.25) is 0 Å². The molecule has 3 aromatic rings. The van der Waals surface area contributed by atoms with Crippen LogP contribution in [0.5, 0.6) is 0 Å². The van der Waals surface area contributed by atoms with E-state index in [1.807, 2.05) is 0 Å². The summed E-state index contributed by atoms with van der Waals surface area (Å²) in [7, 11) is 0. The Balaban J connectivity index is 2.18. The summed E-state index contributed by atoms with van der Waals surface area (Å²) in [5, 5.41) is 9.16. The van der Waals surface area contributed by atoms with E-state index in [0.29, 0.717) is 10.2 Å². The average Bonchev–Trinajstić information content (AvgIpc) is 2.89. The number of aromatic nitrogens is 1. The Hall–Kier alpha value is -2.41. The van der Waals surface area contributed by atoms with Crippen LogP contribution in [0.2, 0.25) is 0 Å². The Morgan fingerprint density at radius 3 is 2.55 bits per heavy atom. The number of hydrogen-bond donors (Lipinski definition) is 1. The first kappa shape index (κ1) is 14.5. The highest BCUT2D eigenvalue weighted by molar-refractivity contribution is 7.21.